The van der Waals surface area contributed by atoms with Crippen LogP contribution in [-0.2, 0) is 0 Å². The highest BCUT2D eigenvalue weighted by molar-refractivity contribution is 6.34. The topological polar surface area (TPSA) is 111 Å². The molecule has 0 aliphatic heterocycles. The summed E-state index contributed by atoms with van der Waals surface area (Å²) in [6, 6.07) is 24.3. The standard InChI is InChI=1S/C32H26ClN3O6/c1-39-21-8-6-7-20(16-21)32(38)42-27-14-11-19(15-28(27)41-3)18-34-36-31(37)30-29(23-9-4-5-10-25(23)33)24-17-22(40-2)12-13-26(24)35-30/h4-18,35H,1-3H3,(H,36,37). The van der Waals surface area contributed by atoms with Gasteiger partial charge in [0.25, 0.3) is 5.91 Å². The third-order valence-corrected chi connectivity index (χ3v) is 6.78. The van der Waals surface area contributed by atoms with Crippen molar-refractivity contribution in [1.82, 2.24) is 10.4 Å². The summed E-state index contributed by atoms with van der Waals surface area (Å²) in [6.07, 6.45) is 1.45. The number of H-pyrrole nitrogens is 1. The number of hydrazone groups is 1. The molecule has 0 spiro atoms. The van der Waals surface area contributed by atoms with Crippen molar-refractivity contribution in [3.63, 3.8) is 0 Å². The summed E-state index contributed by atoms with van der Waals surface area (Å²) in [5, 5.41) is 5.41. The average molecular weight is 584 g/mol. The van der Waals surface area contributed by atoms with E-state index in [0.717, 1.165) is 10.9 Å². The van der Waals surface area contributed by atoms with Crippen molar-refractivity contribution >= 4 is 40.6 Å². The van der Waals surface area contributed by atoms with Gasteiger partial charge in [0.2, 0.25) is 0 Å². The number of carbonyl (C=O) groups is 2. The number of carbonyl (C=O) groups excluding carboxylic acids is 2. The molecule has 0 saturated heterocycles. The molecule has 1 amide bonds. The molecule has 2 N–H and O–H groups in total. The summed E-state index contributed by atoms with van der Waals surface area (Å²) in [5.41, 5.74) is 5.85. The highest BCUT2D eigenvalue weighted by Gasteiger charge is 2.21. The normalized spacial score (nSPS) is 11.0. The summed E-state index contributed by atoms with van der Waals surface area (Å²) in [6.45, 7) is 0. The van der Waals surface area contributed by atoms with Crippen LogP contribution in [0.15, 0.2) is 90.0 Å². The van der Waals surface area contributed by atoms with Gasteiger partial charge in [0.05, 0.1) is 33.1 Å². The van der Waals surface area contributed by atoms with Gasteiger partial charge in [-0.25, -0.2) is 10.2 Å². The van der Waals surface area contributed by atoms with Crippen molar-refractivity contribution in [2.45, 2.75) is 0 Å². The molecule has 0 radical (unpaired) electrons. The molecular formula is C32H26ClN3O6. The summed E-state index contributed by atoms with van der Waals surface area (Å²) < 4.78 is 21.5. The molecule has 0 fully saturated rings. The first-order valence-corrected chi connectivity index (χ1v) is 13.1. The van der Waals surface area contributed by atoms with Crippen molar-refractivity contribution in [2.75, 3.05) is 21.3 Å². The van der Waals surface area contributed by atoms with E-state index in [-0.39, 0.29) is 5.75 Å². The average Bonchev–Trinajstić information content (AvgIpc) is 3.40. The first-order valence-electron chi connectivity index (χ1n) is 12.7. The van der Waals surface area contributed by atoms with Gasteiger partial charge >= 0.3 is 5.97 Å². The minimum absolute atomic E-state index is 0.226. The fourth-order valence-electron chi connectivity index (χ4n) is 4.39. The van der Waals surface area contributed by atoms with Crippen LogP contribution in [-0.4, -0.2) is 44.4 Å². The van der Waals surface area contributed by atoms with E-state index in [9.17, 15) is 9.59 Å². The summed E-state index contributed by atoms with van der Waals surface area (Å²) in [7, 11) is 4.56. The van der Waals surface area contributed by atoms with Gasteiger partial charge in [-0.1, -0.05) is 35.9 Å². The van der Waals surface area contributed by atoms with Crippen molar-refractivity contribution < 1.29 is 28.5 Å². The van der Waals surface area contributed by atoms with E-state index < -0.39 is 11.9 Å². The second-order valence-corrected chi connectivity index (χ2v) is 9.40. The fraction of sp³-hybridized carbons (Fsp3) is 0.0938. The zero-order valence-electron chi connectivity index (χ0n) is 22.9. The Morgan fingerprint density at radius 1 is 0.833 bits per heavy atom. The fourth-order valence-corrected chi connectivity index (χ4v) is 4.62. The monoisotopic (exact) mass is 583 g/mol. The maximum Gasteiger partial charge on any atom is 0.343 e. The molecule has 0 atom stereocenters. The quantitative estimate of drug-likeness (QED) is 0.0887. The number of benzene rings is 4. The van der Waals surface area contributed by atoms with Crippen LogP contribution >= 0.6 is 11.6 Å². The molecule has 1 heterocycles. The number of hydrogen-bond acceptors (Lipinski definition) is 7. The lowest BCUT2D eigenvalue weighted by Gasteiger charge is -2.10. The third kappa shape index (κ3) is 5.91. The van der Waals surface area contributed by atoms with Gasteiger partial charge in [0, 0.05) is 27.1 Å². The smallest absolute Gasteiger partial charge is 0.343 e. The highest BCUT2D eigenvalue weighted by Crippen LogP contribution is 2.38. The Morgan fingerprint density at radius 3 is 2.38 bits per heavy atom. The lowest BCUT2D eigenvalue weighted by molar-refractivity contribution is 0.0729. The van der Waals surface area contributed by atoms with E-state index in [0.29, 0.717) is 50.2 Å². The number of nitrogens with one attached hydrogen (secondary N) is 2. The van der Waals surface area contributed by atoms with E-state index in [1.807, 2.05) is 30.3 Å². The largest absolute Gasteiger partial charge is 0.497 e. The molecule has 212 valence electrons. The van der Waals surface area contributed by atoms with Crippen LogP contribution in [0.25, 0.3) is 22.0 Å². The van der Waals surface area contributed by atoms with Crippen molar-refractivity contribution in [3.05, 3.63) is 107 Å². The third-order valence-electron chi connectivity index (χ3n) is 6.45. The lowest BCUT2D eigenvalue weighted by Crippen LogP contribution is -2.19. The number of halogens is 1. The molecule has 10 heteroatoms. The predicted octanol–water partition coefficient (Wildman–Crippen LogP) is 6.50. The number of rotatable bonds is 9. The van der Waals surface area contributed by atoms with Gasteiger partial charge in [0.15, 0.2) is 11.5 Å². The van der Waals surface area contributed by atoms with Crippen molar-refractivity contribution in [1.29, 1.82) is 0 Å². The minimum atomic E-state index is -0.564. The molecule has 0 aliphatic rings. The van der Waals surface area contributed by atoms with Gasteiger partial charge < -0.3 is 23.9 Å². The van der Waals surface area contributed by atoms with E-state index in [2.05, 4.69) is 15.5 Å². The number of aromatic amines is 1. The zero-order valence-corrected chi connectivity index (χ0v) is 23.7. The summed E-state index contributed by atoms with van der Waals surface area (Å²) in [5.74, 6) is 0.692. The first kappa shape index (κ1) is 28.3. The van der Waals surface area contributed by atoms with Gasteiger partial charge in [0.1, 0.15) is 17.2 Å². The van der Waals surface area contributed by atoms with Gasteiger partial charge in [-0.3, -0.25) is 4.79 Å². The SMILES string of the molecule is COc1cccc(C(=O)Oc2ccc(C=NNC(=O)c3[nH]c4ccc(OC)cc4c3-c3ccccc3Cl)cc2OC)c1. The second kappa shape index (κ2) is 12.5. The maximum absolute atomic E-state index is 13.3. The zero-order chi connectivity index (χ0) is 29.6. The maximum atomic E-state index is 13.3. The molecule has 9 nitrogen and oxygen atoms in total. The second-order valence-electron chi connectivity index (χ2n) is 9.00. The molecule has 0 saturated carbocycles. The Kier molecular flexibility index (Phi) is 8.40. The van der Waals surface area contributed by atoms with Gasteiger partial charge in [-0.2, -0.15) is 5.10 Å². The first-order chi connectivity index (χ1) is 20.4. The molecule has 5 aromatic rings. The predicted molar refractivity (Wildman–Crippen MR) is 161 cm³/mol. The van der Waals surface area contributed by atoms with Crippen LogP contribution < -0.4 is 24.4 Å². The lowest BCUT2D eigenvalue weighted by atomic mass is 10.0. The Bertz CT molecular complexity index is 1810. The number of hydrogen-bond donors (Lipinski definition) is 2. The summed E-state index contributed by atoms with van der Waals surface area (Å²) >= 11 is 6.52. The van der Waals surface area contributed by atoms with Crippen LogP contribution in [0.4, 0.5) is 0 Å². The molecule has 1 aromatic heterocycles. The van der Waals surface area contributed by atoms with Gasteiger partial charge in [-0.05, 0) is 66.2 Å². The van der Waals surface area contributed by atoms with E-state index in [4.69, 9.17) is 30.5 Å². The summed E-state index contributed by atoms with van der Waals surface area (Å²) in [4.78, 5) is 29.1. The Morgan fingerprint density at radius 2 is 1.62 bits per heavy atom. The number of methoxy groups -OCH3 is 3. The van der Waals surface area contributed by atoms with Crippen LogP contribution in [0.1, 0.15) is 26.4 Å². The van der Waals surface area contributed by atoms with Crippen molar-refractivity contribution in [3.8, 4) is 34.1 Å². The van der Waals surface area contributed by atoms with E-state index >= 15 is 0 Å². The van der Waals surface area contributed by atoms with E-state index in [1.54, 1.807) is 61.7 Å². The molecule has 0 unspecified atom stereocenters. The van der Waals surface area contributed by atoms with Crippen LogP contribution in [0, 0.1) is 0 Å². The highest BCUT2D eigenvalue weighted by atomic mass is 35.5. The molecule has 42 heavy (non-hydrogen) atoms. The number of amides is 1. The van der Waals surface area contributed by atoms with Crippen LogP contribution in [0.2, 0.25) is 5.02 Å². The Labute approximate surface area is 246 Å². The molecule has 4 aromatic carbocycles. The molecule has 5 rings (SSSR count). The number of fused-ring (bicyclic) bond motifs is 1. The minimum Gasteiger partial charge on any atom is -0.497 e. The van der Waals surface area contributed by atoms with Gasteiger partial charge in [-0.15, -0.1) is 0 Å². The molecule has 0 aliphatic carbocycles. The molecule has 0 bridgehead atoms. The Balaban J connectivity index is 1.36. The van der Waals surface area contributed by atoms with Crippen molar-refractivity contribution in [2.24, 2.45) is 5.10 Å². The number of esters is 1. The van der Waals surface area contributed by atoms with E-state index in [1.165, 1.54) is 20.4 Å². The Hall–Kier alpha value is -5.28. The number of ether oxygens (including phenoxy) is 4. The van der Waals surface area contributed by atoms with Crippen LogP contribution in [0.3, 0.4) is 0 Å². The number of nitrogens with zero attached hydrogens (tertiary/aromatic N) is 1. The molecular weight excluding hydrogens is 558 g/mol. The number of aromatic nitrogens is 1. The van der Waals surface area contributed by atoms with Crippen LogP contribution in [0.5, 0.6) is 23.0 Å².